The molecule has 2 aromatic heterocycles. The Morgan fingerprint density at radius 3 is 2.71 bits per heavy atom. The second-order valence-corrected chi connectivity index (χ2v) is 6.95. The van der Waals surface area contributed by atoms with E-state index >= 15 is 0 Å². The Kier molecular flexibility index (Phi) is 5.08. The van der Waals surface area contributed by atoms with Gasteiger partial charge in [0.25, 0.3) is 5.91 Å². The lowest BCUT2D eigenvalue weighted by atomic mass is 10.1. The molecule has 28 heavy (non-hydrogen) atoms. The maximum Gasteiger partial charge on any atom is 0.251 e. The molecule has 4 aromatic rings. The minimum atomic E-state index is -0.143. The first-order valence-electron chi connectivity index (χ1n) is 9.00. The summed E-state index contributed by atoms with van der Waals surface area (Å²) in [7, 11) is 0. The van der Waals surface area contributed by atoms with E-state index in [4.69, 9.17) is 11.6 Å². The van der Waals surface area contributed by atoms with Crippen LogP contribution in [0.2, 0.25) is 5.02 Å². The second kappa shape index (κ2) is 7.82. The van der Waals surface area contributed by atoms with Crippen LogP contribution in [0, 0.1) is 6.92 Å². The molecular formula is C22H19ClN4O. The Morgan fingerprint density at radius 1 is 1.11 bits per heavy atom. The Bertz CT molecular complexity index is 1140. The maximum absolute atomic E-state index is 12.6. The molecule has 0 atom stereocenters. The number of carbonyl (C=O) groups excluding carboxylic acids is 1. The summed E-state index contributed by atoms with van der Waals surface area (Å²) < 4.78 is 2.08. The van der Waals surface area contributed by atoms with Crippen LogP contribution in [-0.4, -0.2) is 20.4 Å². The van der Waals surface area contributed by atoms with E-state index in [9.17, 15) is 4.79 Å². The van der Waals surface area contributed by atoms with Gasteiger partial charge in [-0.15, -0.1) is 0 Å². The van der Waals surface area contributed by atoms with Crippen LogP contribution in [0.5, 0.6) is 0 Å². The summed E-state index contributed by atoms with van der Waals surface area (Å²) >= 11 is 6.32. The fourth-order valence-electron chi connectivity index (χ4n) is 3.16. The van der Waals surface area contributed by atoms with Crippen molar-refractivity contribution in [2.45, 2.75) is 20.0 Å². The molecule has 1 amide bonds. The summed E-state index contributed by atoms with van der Waals surface area (Å²) in [6.07, 6.45) is 1.71. The predicted octanol–water partition coefficient (Wildman–Crippen LogP) is 4.37. The molecule has 0 saturated heterocycles. The van der Waals surface area contributed by atoms with Gasteiger partial charge in [-0.3, -0.25) is 9.78 Å². The molecule has 0 aliphatic carbocycles. The van der Waals surface area contributed by atoms with Crippen LogP contribution in [-0.2, 0) is 13.1 Å². The monoisotopic (exact) mass is 390 g/mol. The predicted molar refractivity (Wildman–Crippen MR) is 110 cm³/mol. The smallest absolute Gasteiger partial charge is 0.251 e. The molecule has 0 radical (unpaired) electrons. The Hall–Kier alpha value is -3.18. The van der Waals surface area contributed by atoms with Gasteiger partial charge in [-0.25, -0.2) is 4.98 Å². The molecule has 2 aromatic carbocycles. The third kappa shape index (κ3) is 3.75. The van der Waals surface area contributed by atoms with E-state index in [2.05, 4.69) is 19.9 Å². The number of nitrogens with zero attached hydrogens (tertiary/aromatic N) is 3. The fraction of sp³-hybridized carbons (Fsp3) is 0.136. The largest absolute Gasteiger partial charge is 0.346 e. The lowest BCUT2D eigenvalue weighted by Gasteiger charge is -2.10. The van der Waals surface area contributed by atoms with Crippen LogP contribution < -0.4 is 5.32 Å². The molecule has 0 saturated carbocycles. The first-order chi connectivity index (χ1) is 13.6. The number of nitrogens with one attached hydrogen (secondary N) is 1. The molecule has 2 heterocycles. The van der Waals surface area contributed by atoms with Gasteiger partial charge in [0.2, 0.25) is 0 Å². The topological polar surface area (TPSA) is 59.8 Å². The number of rotatable bonds is 5. The van der Waals surface area contributed by atoms with E-state index in [1.54, 1.807) is 12.3 Å². The van der Waals surface area contributed by atoms with Crippen LogP contribution in [0.15, 0.2) is 66.9 Å². The molecule has 0 bridgehead atoms. The van der Waals surface area contributed by atoms with Gasteiger partial charge in [0.05, 0.1) is 29.8 Å². The van der Waals surface area contributed by atoms with Gasteiger partial charge in [-0.1, -0.05) is 35.9 Å². The lowest BCUT2D eigenvalue weighted by molar-refractivity contribution is 0.0950. The summed E-state index contributed by atoms with van der Waals surface area (Å²) in [4.78, 5) is 21.4. The van der Waals surface area contributed by atoms with Crippen molar-refractivity contribution in [3.05, 3.63) is 94.5 Å². The van der Waals surface area contributed by atoms with Crippen LogP contribution in [0.3, 0.4) is 0 Å². The minimum absolute atomic E-state index is 0.143. The number of aryl methyl sites for hydroxylation is 1. The number of carbonyl (C=O) groups is 1. The molecule has 1 N–H and O–H groups in total. The van der Waals surface area contributed by atoms with Gasteiger partial charge < -0.3 is 9.88 Å². The van der Waals surface area contributed by atoms with Crippen LogP contribution in [0.4, 0.5) is 0 Å². The molecule has 5 nitrogen and oxygen atoms in total. The Labute approximate surface area is 168 Å². The van der Waals surface area contributed by atoms with Gasteiger partial charge >= 0.3 is 0 Å². The number of pyridine rings is 1. The van der Waals surface area contributed by atoms with Crippen molar-refractivity contribution in [3.8, 4) is 0 Å². The van der Waals surface area contributed by atoms with Crippen molar-refractivity contribution in [1.82, 2.24) is 19.9 Å². The van der Waals surface area contributed by atoms with Crippen LogP contribution >= 0.6 is 11.6 Å². The van der Waals surface area contributed by atoms with Crippen LogP contribution in [0.25, 0.3) is 11.0 Å². The number of aromatic nitrogens is 3. The first kappa shape index (κ1) is 18.2. The Balaban J connectivity index is 1.61. The summed E-state index contributed by atoms with van der Waals surface area (Å²) in [5.74, 6) is 0.733. The van der Waals surface area contributed by atoms with Crippen LogP contribution in [0.1, 0.15) is 27.4 Å². The average molecular weight is 391 g/mol. The van der Waals surface area contributed by atoms with E-state index in [0.29, 0.717) is 23.7 Å². The number of imidazole rings is 1. The van der Waals surface area contributed by atoms with Gasteiger partial charge in [0, 0.05) is 16.8 Å². The summed E-state index contributed by atoms with van der Waals surface area (Å²) in [6.45, 7) is 2.94. The molecule has 4 rings (SSSR count). The van der Waals surface area contributed by atoms with Gasteiger partial charge in [-0.05, 0) is 48.9 Å². The molecular weight excluding hydrogens is 372 g/mol. The van der Waals surface area contributed by atoms with Crippen molar-refractivity contribution in [2.24, 2.45) is 0 Å². The molecule has 6 heteroatoms. The molecule has 0 aliphatic rings. The van der Waals surface area contributed by atoms with Gasteiger partial charge in [0.1, 0.15) is 5.82 Å². The first-order valence-corrected chi connectivity index (χ1v) is 9.38. The van der Waals surface area contributed by atoms with E-state index in [0.717, 1.165) is 28.1 Å². The quantitative estimate of drug-likeness (QED) is 0.550. The average Bonchev–Trinajstić information content (AvgIpc) is 3.03. The Morgan fingerprint density at radius 2 is 1.93 bits per heavy atom. The van der Waals surface area contributed by atoms with E-state index in [-0.39, 0.29) is 5.91 Å². The molecule has 0 aliphatic heterocycles. The van der Waals surface area contributed by atoms with Gasteiger partial charge in [0.15, 0.2) is 0 Å². The van der Waals surface area contributed by atoms with E-state index in [1.807, 2.05) is 61.5 Å². The number of halogens is 1. The maximum atomic E-state index is 12.6. The van der Waals surface area contributed by atoms with Gasteiger partial charge in [-0.2, -0.15) is 0 Å². The van der Waals surface area contributed by atoms with E-state index < -0.39 is 0 Å². The zero-order chi connectivity index (χ0) is 19.5. The zero-order valence-electron chi connectivity index (χ0n) is 15.4. The summed E-state index contributed by atoms with van der Waals surface area (Å²) in [6, 6.07) is 18.9. The molecule has 0 unspecified atom stereocenters. The number of hydrogen-bond donors (Lipinski definition) is 1. The number of fused-ring (bicyclic) bond motifs is 1. The van der Waals surface area contributed by atoms with Crippen molar-refractivity contribution >= 4 is 28.5 Å². The minimum Gasteiger partial charge on any atom is -0.346 e. The summed E-state index contributed by atoms with van der Waals surface area (Å²) in [5.41, 5.74) is 4.17. The highest BCUT2D eigenvalue weighted by atomic mass is 35.5. The SMILES string of the molecule is Cc1nc2ccc(C(=O)NCc3ccccn3)cc2n1Cc1ccccc1Cl. The zero-order valence-corrected chi connectivity index (χ0v) is 16.1. The standard InChI is InChI=1S/C22H19ClN4O/c1-15-26-20-10-9-16(22(28)25-13-18-7-4-5-11-24-18)12-21(20)27(15)14-17-6-2-3-8-19(17)23/h2-12H,13-14H2,1H3,(H,25,28). The van der Waals surface area contributed by atoms with Crippen molar-refractivity contribution in [2.75, 3.05) is 0 Å². The van der Waals surface area contributed by atoms with E-state index in [1.165, 1.54) is 0 Å². The molecule has 0 spiro atoms. The number of amides is 1. The molecule has 0 fully saturated rings. The third-order valence-corrected chi connectivity index (χ3v) is 5.01. The highest BCUT2D eigenvalue weighted by Gasteiger charge is 2.13. The summed E-state index contributed by atoms with van der Waals surface area (Å²) in [5, 5.41) is 3.63. The fourth-order valence-corrected chi connectivity index (χ4v) is 3.35. The number of benzene rings is 2. The number of hydrogen-bond acceptors (Lipinski definition) is 3. The highest BCUT2D eigenvalue weighted by Crippen LogP contribution is 2.22. The molecule has 140 valence electrons. The van der Waals surface area contributed by atoms with Crippen molar-refractivity contribution in [1.29, 1.82) is 0 Å². The second-order valence-electron chi connectivity index (χ2n) is 6.54. The lowest BCUT2D eigenvalue weighted by Crippen LogP contribution is -2.23. The third-order valence-electron chi connectivity index (χ3n) is 4.64. The van der Waals surface area contributed by atoms with Crippen molar-refractivity contribution in [3.63, 3.8) is 0 Å². The normalized spacial score (nSPS) is 10.9. The highest BCUT2D eigenvalue weighted by molar-refractivity contribution is 6.31. The van der Waals surface area contributed by atoms with Crippen molar-refractivity contribution < 1.29 is 4.79 Å².